The molecule has 0 amide bonds. The third-order valence-electron chi connectivity index (χ3n) is 5.83. The SMILES string of the molecule is COc1ncc(CCCC(=O)c2ccc(Oc3cc4c(cc3Cl)C(C(=O)O)CCO4)cc2)c(OC)n1. The lowest BCUT2D eigenvalue weighted by Gasteiger charge is -2.24. The molecule has 0 fully saturated rings. The first kappa shape index (κ1) is 25.2. The van der Waals surface area contributed by atoms with Crippen molar-refractivity contribution in [3.63, 3.8) is 0 Å². The van der Waals surface area contributed by atoms with E-state index >= 15 is 0 Å². The van der Waals surface area contributed by atoms with Gasteiger partial charge in [0.1, 0.15) is 17.2 Å². The fourth-order valence-corrected chi connectivity index (χ4v) is 4.18. The highest BCUT2D eigenvalue weighted by atomic mass is 35.5. The van der Waals surface area contributed by atoms with E-state index in [0.29, 0.717) is 66.5 Å². The molecule has 1 atom stereocenters. The number of aliphatic carboxylic acids is 1. The number of aryl methyl sites for hydroxylation is 1. The minimum Gasteiger partial charge on any atom is -0.493 e. The summed E-state index contributed by atoms with van der Waals surface area (Å²) in [5.74, 6) is 0.120. The molecular formula is C26H25ClN2O7. The maximum absolute atomic E-state index is 12.7. The summed E-state index contributed by atoms with van der Waals surface area (Å²) >= 11 is 6.36. The Bertz CT molecular complexity index is 1260. The van der Waals surface area contributed by atoms with Gasteiger partial charge in [-0.05, 0) is 49.6 Å². The largest absolute Gasteiger partial charge is 0.493 e. The van der Waals surface area contributed by atoms with Crippen LogP contribution < -0.4 is 18.9 Å². The second-order valence-corrected chi connectivity index (χ2v) is 8.55. The Labute approximate surface area is 213 Å². The highest BCUT2D eigenvalue weighted by molar-refractivity contribution is 6.32. The maximum Gasteiger partial charge on any atom is 0.319 e. The zero-order valence-electron chi connectivity index (χ0n) is 19.8. The average Bonchev–Trinajstić information content (AvgIpc) is 2.89. The molecule has 2 aromatic carbocycles. The lowest BCUT2D eigenvalue weighted by atomic mass is 9.93. The maximum atomic E-state index is 12.7. The topological polar surface area (TPSA) is 117 Å². The number of benzene rings is 2. The van der Waals surface area contributed by atoms with E-state index in [2.05, 4.69) is 9.97 Å². The summed E-state index contributed by atoms with van der Waals surface area (Å²) in [4.78, 5) is 32.4. The van der Waals surface area contributed by atoms with Gasteiger partial charge in [0, 0.05) is 35.4 Å². The van der Waals surface area contributed by atoms with E-state index in [9.17, 15) is 14.7 Å². The molecule has 1 aromatic heterocycles. The molecule has 9 nitrogen and oxygen atoms in total. The average molecular weight is 513 g/mol. The van der Waals surface area contributed by atoms with Crippen LogP contribution in [0.1, 0.15) is 46.7 Å². The Morgan fingerprint density at radius 3 is 2.64 bits per heavy atom. The molecule has 1 unspecified atom stereocenters. The van der Waals surface area contributed by atoms with Crippen molar-refractivity contribution in [1.29, 1.82) is 0 Å². The summed E-state index contributed by atoms with van der Waals surface area (Å²) in [7, 11) is 3.01. The zero-order valence-corrected chi connectivity index (χ0v) is 20.6. The summed E-state index contributed by atoms with van der Waals surface area (Å²) in [6.45, 7) is 0.306. The van der Waals surface area contributed by atoms with Gasteiger partial charge >= 0.3 is 12.0 Å². The Morgan fingerprint density at radius 1 is 1.17 bits per heavy atom. The zero-order chi connectivity index (χ0) is 25.7. The quantitative estimate of drug-likeness (QED) is 0.370. The highest BCUT2D eigenvalue weighted by Crippen LogP contribution is 2.41. The summed E-state index contributed by atoms with van der Waals surface area (Å²) in [5.41, 5.74) is 1.89. The van der Waals surface area contributed by atoms with Gasteiger partial charge in [0.05, 0.1) is 31.8 Å². The van der Waals surface area contributed by atoms with E-state index in [0.717, 1.165) is 5.56 Å². The standard InChI is InChI=1S/C26H25ClN2O7/c1-33-24-16(14-28-26(29-24)34-2)4-3-5-21(30)15-6-8-17(9-7-15)36-23-13-22-19(12-20(23)27)18(25(31)32)10-11-35-22/h6-9,12-14,18H,3-5,10-11H2,1-2H3,(H,31,32). The first-order valence-corrected chi connectivity index (χ1v) is 11.7. The summed E-state index contributed by atoms with van der Waals surface area (Å²) in [6.07, 6.45) is 3.55. The van der Waals surface area contributed by atoms with E-state index in [1.165, 1.54) is 14.2 Å². The molecule has 0 bridgehead atoms. The van der Waals surface area contributed by atoms with Crippen LogP contribution in [0.15, 0.2) is 42.6 Å². The molecule has 0 radical (unpaired) electrons. The molecule has 188 valence electrons. The molecule has 2 heterocycles. The van der Waals surface area contributed by atoms with Gasteiger partial charge < -0.3 is 24.1 Å². The number of carboxylic acids is 1. The van der Waals surface area contributed by atoms with E-state index in [1.807, 2.05) is 0 Å². The number of hydrogen-bond donors (Lipinski definition) is 1. The van der Waals surface area contributed by atoms with Gasteiger partial charge in [-0.15, -0.1) is 0 Å². The molecule has 1 N–H and O–H groups in total. The fraction of sp³-hybridized carbons (Fsp3) is 0.308. The number of ketones is 1. The minimum atomic E-state index is -0.916. The van der Waals surface area contributed by atoms with Gasteiger partial charge in [0.15, 0.2) is 5.78 Å². The number of carbonyl (C=O) groups is 2. The first-order valence-electron chi connectivity index (χ1n) is 11.3. The van der Waals surface area contributed by atoms with Gasteiger partial charge in [0.25, 0.3) is 0 Å². The molecule has 10 heteroatoms. The molecule has 0 aliphatic carbocycles. The van der Waals surface area contributed by atoms with Crippen molar-refractivity contribution < 1.29 is 33.6 Å². The number of nitrogens with zero attached hydrogens (tertiary/aromatic N) is 2. The minimum absolute atomic E-state index is 0.00475. The third kappa shape index (κ3) is 5.68. The fourth-order valence-electron chi connectivity index (χ4n) is 3.97. The molecule has 1 aliphatic heterocycles. The number of aromatic nitrogens is 2. The molecular weight excluding hydrogens is 488 g/mol. The van der Waals surface area contributed by atoms with Crippen molar-refractivity contribution >= 4 is 23.4 Å². The highest BCUT2D eigenvalue weighted by Gasteiger charge is 2.29. The Hall–Kier alpha value is -3.85. The van der Waals surface area contributed by atoms with Crippen molar-refractivity contribution in [2.45, 2.75) is 31.6 Å². The molecule has 3 aromatic rings. The van der Waals surface area contributed by atoms with Crippen LogP contribution in [0.4, 0.5) is 0 Å². The molecule has 4 rings (SSSR count). The van der Waals surface area contributed by atoms with Crippen LogP contribution in [0.5, 0.6) is 29.1 Å². The van der Waals surface area contributed by atoms with Crippen LogP contribution in [-0.4, -0.2) is 47.7 Å². The number of rotatable bonds is 10. The summed E-state index contributed by atoms with van der Waals surface area (Å²) < 4.78 is 21.8. The van der Waals surface area contributed by atoms with Crippen LogP contribution in [0.2, 0.25) is 5.02 Å². The van der Waals surface area contributed by atoms with E-state index in [-0.39, 0.29) is 16.8 Å². The van der Waals surface area contributed by atoms with Crippen LogP contribution >= 0.6 is 11.6 Å². The number of methoxy groups -OCH3 is 2. The number of halogens is 1. The number of hydrogen-bond acceptors (Lipinski definition) is 8. The van der Waals surface area contributed by atoms with Crippen molar-refractivity contribution in [2.75, 3.05) is 20.8 Å². The van der Waals surface area contributed by atoms with E-state index in [4.69, 9.17) is 30.5 Å². The van der Waals surface area contributed by atoms with Crippen molar-refractivity contribution in [1.82, 2.24) is 9.97 Å². The Kier molecular flexibility index (Phi) is 7.90. The van der Waals surface area contributed by atoms with E-state index in [1.54, 1.807) is 42.6 Å². The number of Topliss-reactive ketones (excluding diaryl/α,β-unsaturated/α-hetero) is 1. The monoisotopic (exact) mass is 512 g/mol. The van der Waals surface area contributed by atoms with Gasteiger partial charge in [-0.25, -0.2) is 4.98 Å². The lowest BCUT2D eigenvalue weighted by molar-refractivity contribution is -0.139. The van der Waals surface area contributed by atoms with Crippen LogP contribution in [0.3, 0.4) is 0 Å². The van der Waals surface area contributed by atoms with Gasteiger partial charge in [-0.1, -0.05) is 11.6 Å². The predicted octanol–water partition coefficient (Wildman–Crippen LogP) is 5.10. The van der Waals surface area contributed by atoms with Gasteiger partial charge in [0.2, 0.25) is 5.88 Å². The molecule has 0 spiro atoms. The third-order valence-corrected chi connectivity index (χ3v) is 6.13. The smallest absolute Gasteiger partial charge is 0.319 e. The van der Waals surface area contributed by atoms with E-state index < -0.39 is 11.9 Å². The van der Waals surface area contributed by atoms with Crippen LogP contribution in [0, 0.1) is 0 Å². The van der Waals surface area contributed by atoms with Gasteiger partial charge in [-0.3, -0.25) is 9.59 Å². The Morgan fingerprint density at radius 2 is 1.94 bits per heavy atom. The molecule has 1 aliphatic rings. The second-order valence-electron chi connectivity index (χ2n) is 8.14. The number of ether oxygens (including phenoxy) is 4. The van der Waals surface area contributed by atoms with Crippen molar-refractivity contribution in [2.24, 2.45) is 0 Å². The molecule has 0 saturated carbocycles. The number of carbonyl (C=O) groups excluding carboxylic acids is 1. The second kappa shape index (κ2) is 11.3. The molecule has 36 heavy (non-hydrogen) atoms. The van der Waals surface area contributed by atoms with Gasteiger partial charge in [-0.2, -0.15) is 4.98 Å². The lowest BCUT2D eigenvalue weighted by Crippen LogP contribution is -2.20. The van der Waals surface area contributed by atoms with Crippen LogP contribution in [-0.2, 0) is 11.2 Å². The van der Waals surface area contributed by atoms with Crippen molar-refractivity contribution in [3.8, 4) is 29.1 Å². The predicted molar refractivity (Wildman–Crippen MR) is 131 cm³/mol. The first-order chi connectivity index (χ1) is 17.4. The molecule has 0 saturated heterocycles. The van der Waals surface area contributed by atoms with Crippen molar-refractivity contribution in [3.05, 3.63) is 64.3 Å². The Balaban J connectivity index is 1.37. The number of carboxylic acid groups (broad SMARTS) is 1. The summed E-state index contributed by atoms with van der Waals surface area (Å²) in [6, 6.07) is 10.2. The number of fused-ring (bicyclic) bond motifs is 1. The van der Waals surface area contributed by atoms with Crippen LogP contribution in [0.25, 0.3) is 0 Å². The normalized spacial score (nSPS) is 14.4. The summed E-state index contributed by atoms with van der Waals surface area (Å²) in [5, 5.41) is 9.71.